The largest absolute Gasteiger partial charge is 0.477 e. The van der Waals surface area contributed by atoms with Crippen LogP contribution in [0.2, 0.25) is 0 Å². The summed E-state index contributed by atoms with van der Waals surface area (Å²) >= 11 is 0. The molecule has 0 rings (SSSR count). The molecule has 0 heterocycles. The number of allylic oxidation sites excluding steroid dienone is 6. The lowest BCUT2D eigenvalue weighted by molar-refractivity contribution is -0.205. The second-order valence-corrected chi connectivity index (χ2v) is 6.10. The second kappa shape index (κ2) is 15.2. The van der Waals surface area contributed by atoms with E-state index >= 15 is 0 Å². The Bertz CT molecular complexity index is 394. The second-order valence-electron chi connectivity index (χ2n) is 6.10. The number of hydrogen-bond donors (Lipinski definition) is 3. The predicted molar refractivity (Wildman–Crippen MR) is 98.7 cm³/mol. The Morgan fingerprint density at radius 2 is 1.29 bits per heavy atom. The van der Waals surface area contributed by atoms with Crippen LogP contribution in [0.4, 0.5) is 0 Å². The summed E-state index contributed by atoms with van der Waals surface area (Å²) in [6.45, 7) is 2.24. The van der Waals surface area contributed by atoms with Crippen LogP contribution >= 0.6 is 0 Å². The van der Waals surface area contributed by atoms with Crippen LogP contribution in [0.25, 0.3) is 0 Å². The van der Waals surface area contributed by atoms with Gasteiger partial charge < -0.3 is 15.3 Å². The SMILES string of the molecule is CCCCCCCCC=CCC=CCC=CCCC(O)(O)C(=O)O. The molecule has 0 aliphatic rings. The predicted octanol–water partition coefficient (Wildman–Crippen LogP) is 4.73. The molecule has 0 aromatic rings. The van der Waals surface area contributed by atoms with Crippen LogP contribution in [-0.4, -0.2) is 27.1 Å². The Morgan fingerprint density at radius 3 is 1.88 bits per heavy atom. The molecule has 0 unspecified atom stereocenters. The van der Waals surface area contributed by atoms with Crippen LogP contribution in [0, 0.1) is 0 Å². The number of carboxylic acids is 1. The molecule has 0 spiro atoms. The van der Waals surface area contributed by atoms with E-state index in [-0.39, 0.29) is 6.42 Å². The monoisotopic (exact) mass is 338 g/mol. The standard InChI is InChI=1S/C20H34O4/c1-2-3-4-5-6-7-8-9-10-11-12-13-14-15-16-17-18-20(23,24)19(21)22/h9-10,12-13,15-16,23-24H,2-8,11,14,17-18H2,1H3,(H,21,22). The molecule has 0 bridgehead atoms. The van der Waals surface area contributed by atoms with Crippen LogP contribution in [0.1, 0.15) is 77.6 Å². The highest BCUT2D eigenvalue weighted by molar-refractivity contribution is 5.74. The molecule has 138 valence electrons. The average molecular weight is 338 g/mol. The van der Waals surface area contributed by atoms with Gasteiger partial charge in [-0.15, -0.1) is 0 Å². The lowest BCUT2D eigenvalue weighted by Gasteiger charge is -2.14. The normalized spacial score (nSPS) is 12.8. The fourth-order valence-corrected chi connectivity index (χ4v) is 2.21. The number of aliphatic hydroxyl groups is 2. The van der Waals surface area contributed by atoms with Crippen molar-refractivity contribution >= 4 is 5.97 Å². The maximum atomic E-state index is 10.5. The van der Waals surface area contributed by atoms with Crippen molar-refractivity contribution in [3.8, 4) is 0 Å². The van der Waals surface area contributed by atoms with Gasteiger partial charge >= 0.3 is 5.97 Å². The van der Waals surface area contributed by atoms with Crippen molar-refractivity contribution in [3.63, 3.8) is 0 Å². The van der Waals surface area contributed by atoms with Crippen molar-refractivity contribution in [3.05, 3.63) is 36.5 Å². The molecule has 0 aromatic heterocycles. The summed E-state index contributed by atoms with van der Waals surface area (Å²) in [4.78, 5) is 10.5. The van der Waals surface area contributed by atoms with Gasteiger partial charge in [-0.3, -0.25) is 0 Å². The molecule has 3 N–H and O–H groups in total. The van der Waals surface area contributed by atoms with Crippen molar-refractivity contribution in [2.45, 2.75) is 83.3 Å². The Kier molecular flexibility index (Phi) is 14.3. The fourth-order valence-electron chi connectivity index (χ4n) is 2.21. The number of carbonyl (C=O) groups is 1. The van der Waals surface area contributed by atoms with E-state index in [9.17, 15) is 4.79 Å². The third-order valence-corrected chi connectivity index (χ3v) is 3.77. The van der Waals surface area contributed by atoms with E-state index in [1.807, 2.05) is 12.2 Å². The van der Waals surface area contributed by atoms with Gasteiger partial charge in [-0.25, -0.2) is 4.79 Å². The number of unbranched alkanes of at least 4 members (excludes halogenated alkanes) is 6. The highest BCUT2D eigenvalue weighted by Crippen LogP contribution is 2.10. The molecule has 4 nitrogen and oxygen atoms in total. The third kappa shape index (κ3) is 14.2. The highest BCUT2D eigenvalue weighted by atomic mass is 16.5. The molecule has 0 aliphatic heterocycles. The van der Waals surface area contributed by atoms with Gasteiger partial charge in [0.1, 0.15) is 0 Å². The first-order valence-electron chi connectivity index (χ1n) is 9.14. The smallest absolute Gasteiger partial charge is 0.364 e. The van der Waals surface area contributed by atoms with Gasteiger partial charge in [0.05, 0.1) is 0 Å². The number of hydrogen-bond acceptors (Lipinski definition) is 3. The maximum Gasteiger partial charge on any atom is 0.364 e. The van der Waals surface area contributed by atoms with E-state index in [0.29, 0.717) is 6.42 Å². The summed E-state index contributed by atoms with van der Waals surface area (Å²) in [5.41, 5.74) is 0. The van der Waals surface area contributed by atoms with Crippen LogP contribution in [-0.2, 0) is 4.79 Å². The Balaban J connectivity index is 3.50. The minimum Gasteiger partial charge on any atom is -0.477 e. The molecule has 0 radical (unpaired) electrons. The first-order chi connectivity index (χ1) is 11.5. The summed E-state index contributed by atoms with van der Waals surface area (Å²) in [6.07, 6.45) is 23.2. The van der Waals surface area contributed by atoms with Gasteiger partial charge in [0.2, 0.25) is 0 Å². The minimum atomic E-state index is -2.62. The Labute approximate surface area is 146 Å². The molecule has 4 heteroatoms. The molecular weight excluding hydrogens is 304 g/mol. The lowest BCUT2D eigenvalue weighted by Crippen LogP contribution is -2.37. The molecule has 0 saturated carbocycles. The zero-order chi connectivity index (χ0) is 18.1. The highest BCUT2D eigenvalue weighted by Gasteiger charge is 2.31. The molecule has 0 aliphatic carbocycles. The number of rotatable bonds is 15. The zero-order valence-electron chi connectivity index (χ0n) is 15.0. The average Bonchev–Trinajstić information content (AvgIpc) is 2.54. The van der Waals surface area contributed by atoms with Crippen molar-refractivity contribution in [2.75, 3.05) is 0 Å². The van der Waals surface area contributed by atoms with E-state index in [2.05, 4.69) is 25.2 Å². The topological polar surface area (TPSA) is 77.8 Å². The number of aliphatic carboxylic acids is 1. The number of carboxylic acid groups (broad SMARTS) is 1. The van der Waals surface area contributed by atoms with Crippen LogP contribution in [0.15, 0.2) is 36.5 Å². The molecule has 0 amide bonds. The fraction of sp³-hybridized carbons (Fsp3) is 0.650. The van der Waals surface area contributed by atoms with Crippen LogP contribution < -0.4 is 0 Å². The summed E-state index contributed by atoms with van der Waals surface area (Å²) in [5.74, 6) is -4.23. The molecule has 24 heavy (non-hydrogen) atoms. The lowest BCUT2D eigenvalue weighted by atomic mass is 10.1. The maximum absolute atomic E-state index is 10.5. The Hall–Kier alpha value is -1.39. The first-order valence-corrected chi connectivity index (χ1v) is 9.14. The van der Waals surface area contributed by atoms with Gasteiger partial charge in [0.25, 0.3) is 5.79 Å². The summed E-state index contributed by atoms with van der Waals surface area (Å²) in [5, 5.41) is 26.7. The van der Waals surface area contributed by atoms with Crippen molar-refractivity contribution in [1.29, 1.82) is 0 Å². The van der Waals surface area contributed by atoms with Gasteiger partial charge in [0, 0.05) is 6.42 Å². The van der Waals surface area contributed by atoms with E-state index in [1.54, 1.807) is 6.08 Å². The van der Waals surface area contributed by atoms with Crippen molar-refractivity contribution in [1.82, 2.24) is 0 Å². The summed E-state index contributed by atoms with van der Waals surface area (Å²) in [6, 6.07) is 0. The minimum absolute atomic E-state index is 0.205. The van der Waals surface area contributed by atoms with Crippen molar-refractivity contribution in [2.24, 2.45) is 0 Å². The Morgan fingerprint density at radius 1 is 0.792 bits per heavy atom. The van der Waals surface area contributed by atoms with Crippen molar-refractivity contribution < 1.29 is 20.1 Å². The van der Waals surface area contributed by atoms with Crippen LogP contribution in [0.5, 0.6) is 0 Å². The molecule has 0 saturated heterocycles. The summed E-state index contributed by atoms with van der Waals surface area (Å²) < 4.78 is 0. The quantitative estimate of drug-likeness (QED) is 0.229. The van der Waals surface area contributed by atoms with E-state index in [1.165, 1.54) is 38.5 Å². The van der Waals surface area contributed by atoms with Crippen LogP contribution in [0.3, 0.4) is 0 Å². The van der Waals surface area contributed by atoms with E-state index < -0.39 is 11.8 Å². The van der Waals surface area contributed by atoms with E-state index in [0.717, 1.165) is 19.3 Å². The summed E-state index contributed by atoms with van der Waals surface area (Å²) in [7, 11) is 0. The van der Waals surface area contributed by atoms with Gasteiger partial charge in [-0.05, 0) is 32.1 Å². The molecule has 0 atom stereocenters. The molecule has 0 aromatic carbocycles. The van der Waals surface area contributed by atoms with Gasteiger partial charge in [-0.1, -0.05) is 75.5 Å². The molecular formula is C20H34O4. The zero-order valence-corrected chi connectivity index (χ0v) is 15.0. The molecule has 0 fully saturated rings. The van der Waals surface area contributed by atoms with Gasteiger partial charge in [-0.2, -0.15) is 0 Å². The third-order valence-electron chi connectivity index (χ3n) is 3.77. The van der Waals surface area contributed by atoms with Gasteiger partial charge in [0.15, 0.2) is 0 Å². The van der Waals surface area contributed by atoms with E-state index in [4.69, 9.17) is 15.3 Å². The first kappa shape index (κ1) is 22.6.